The van der Waals surface area contributed by atoms with Crippen LogP contribution >= 0.6 is 0 Å². The Morgan fingerprint density at radius 1 is 0.698 bits per heavy atom. The number of benzene rings is 4. The van der Waals surface area contributed by atoms with Crippen LogP contribution in [0.5, 0.6) is 5.75 Å². The number of ether oxygens (including phenoxy) is 2. The van der Waals surface area contributed by atoms with Gasteiger partial charge in [-0.2, -0.15) is 0 Å². The smallest absolute Gasteiger partial charge is 0.340 e. The van der Waals surface area contributed by atoms with Gasteiger partial charge in [0.05, 0.1) is 5.56 Å². The van der Waals surface area contributed by atoms with Crippen molar-refractivity contribution in [3.05, 3.63) is 125 Å². The van der Waals surface area contributed by atoms with E-state index in [9.17, 15) is 9.59 Å². The Morgan fingerprint density at radius 2 is 1.19 bits per heavy atom. The number of rotatable bonds is 8. The third kappa shape index (κ3) is 5.84. The molecule has 0 aromatic heterocycles. The number of hydrogen-bond donors (Lipinski definition) is 0. The Bertz CT molecular complexity index is 1620. The highest BCUT2D eigenvalue weighted by Gasteiger charge is 2.46. The lowest BCUT2D eigenvalue weighted by Gasteiger charge is -2.28. The van der Waals surface area contributed by atoms with E-state index in [4.69, 9.17) is 9.47 Å². The Kier molecular flexibility index (Phi) is 8.00. The summed E-state index contributed by atoms with van der Waals surface area (Å²) in [5, 5.41) is 0. The van der Waals surface area contributed by atoms with Gasteiger partial charge in [0.15, 0.2) is 5.60 Å². The third-order valence-corrected chi connectivity index (χ3v) is 7.68. The van der Waals surface area contributed by atoms with Crippen molar-refractivity contribution >= 4 is 34.6 Å². The van der Waals surface area contributed by atoms with Crippen molar-refractivity contribution in [3.63, 3.8) is 0 Å². The zero-order valence-electron chi connectivity index (χ0n) is 25.7. The number of fused-ring (bicyclic) bond motifs is 1. The first-order valence-electron chi connectivity index (χ1n) is 14.1. The summed E-state index contributed by atoms with van der Waals surface area (Å²) >= 11 is 0. The number of carbonyl (C=O) groups is 2. The van der Waals surface area contributed by atoms with Crippen LogP contribution in [-0.2, 0) is 15.1 Å². The van der Waals surface area contributed by atoms with Gasteiger partial charge in [-0.15, -0.1) is 0 Å². The van der Waals surface area contributed by atoms with Gasteiger partial charge in [0.1, 0.15) is 5.75 Å². The fraction of sp³-hybridized carbons (Fsp3) is 0.222. The minimum atomic E-state index is -1.23. The molecule has 7 nitrogen and oxygen atoms in total. The molecule has 1 heterocycles. The molecule has 1 atom stereocenters. The van der Waals surface area contributed by atoms with Gasteiger partial charge in [0.25, 0.3) is 0 Å². The lowest BCUT2D eigenvalue weighted by atomic mass is 9.81. The van der Waals surface area contributed by atoms with Crippen molar-refractivity contribution in [2.75, 3.05) is 57.0 Å². The number of hydrogen-bond acceptors (Lipinski definition) is 7. The monoisotopic (exact) mass is 575 g/mol. The molecule has 7 heteroatoms. The maximum atomic E-state index is 13.6. The largest absolute Gasteiger partial charge is 0.441 e. The molecule has 0 spiro atoms. The third-order valence-electron chi connectivity index (χ3n) is 7.68. The van der Waals surface area contributed by atoms with Crippen LogP contribution in [0.25, 0.3) is 5.57 Å². The van der Waals surface area contributed by atoms with Crippen LogP contribution in [0, 0.1) is 0 Å². The first-order valence-corrected chi connectivity index (χ1v) is 14.1. The number of cyclic esters (lactones) is 1. The van der Waals surface area contributed by atoms with Crippen LogP contribution in [-0.4, -0.2) is 54.2 Å². The maximum absolute atomic E-state index is 13.6. The summed E-state index contributed by atoms with van der Waals surface area (Å²) in [5.74, 6) is -0.383. The van der Waals surface area contributed by atoms with Gasteiger partial charge >= 0.3 is 11.9 Å². The molecule has 0 saturated heterocycles. The van der Waals surface area contributed by atoms with Crippen LogP contribution in [0.3, 0.4) is 0 Å². The predicted molar refractivity (Wildman–Crippen MR) is 173 cm³/mol. The summed E-state index contributed by atoms with van der Waals surface area (Å²) in [6.07, 6.45) is 2.04. The van der Waals surface area contributed by atoms with E-state index in [-0.39, 0.29) is 0 Å². The highest BCUT2D eigenvalue weighted by molar-refractivity contribution is 5.98. The number of esters is 2. The molecular weight excluding hydrogens is 538 g/mol. The Hall–Kier alpha value is -5.04. The second-order valence-electron chi connectivity index (χ2n) is 11.3. The average Bonchev–Trinajstić information content (AvgIpc) is 3.27. The van der Waals surface area contributed by atoms with Crippen molar-refractivity contribution in [1.82, 2.24) is 0 Å². The fourth-order valence-electron chi connectivity index (χ4n) is 5.32. The van der Waals surface area contributed by atoms with E-state index in [1.165, 1.54) is 6.92 Å². The van der Waals surface area contributed by atoms with Gasteiger partial charge in [0.2, 0.25) is 0 Å². The van der Waals surface area contributed by atoms with E-state index in [2.05, 4.69) is 58.3 Å². The first-order chi connectivity index (χ1) is 20.5. The first kappa shape index (κ1) is 29.5. The zero-order valence-corrected chi connectivity index (χ0v) is 25.7. The molecule has 0 fully saturated rings. The molecule has 0 saturated carbocycles. The molecule has 0 bridgehead atoms. The standard InChI is InChI=1S/C36H37N3O4/c1-24(40)42-31-19-12-27(13-20-31)36(34-21-18-30(39(6)7)22-32(34)35(41)43-36)23-33(25-8-14-28(15-9-25)37(2)3)26-10-16-29(17-11-26)38(4)5/h8-23H,1-7H3. The Balaban J connectivity index is 1.77. The number of carbonyl (C=O) groups excluding carboxylic acids is 2. The molecule has 220 valence electrons. The van der Waals surface area contributed by atoms with Crippen molar-refractivity contribution in [2.24, 2.45) is 0 Å². The van der Waals surface area contributed by atoms with E-state index >= 15 is 0 Å². The number of anilines is 3. The molecule has 1 aliphatic heterocycles. The van der Waals surface area contributed by atoms with Gasteiger partial charge in [0, 0.05) is 77.4 Å². The van der Waals surface area contributed by atoms with Crippen LogP contribution in [0.4, 0.5) is 17.1 Å². The highest BCUT2D eigenvalue weighted by Crippen LogP contribution is 2.47. The lowest BCUT2D eigenvalue weighted by molar-refractivity contribution is -0.131. The van der Waals surface area contributed by atoms with Crippen LogP contribution in [0.15, 0.2) is 97.1 Å². The minimum absolute atomic E-state index is 0.399. The van der Waals surface area contributed by atoms with Gasteiger partial charge in [-0.25, -0.2) is 4.79 Å². The van der Waals surface area contributed by atoms with Gasteiger partial charge in [-0.3, -0.25) is 4.79 Å². The highest BCUT2D eigenvalue weighted by atomic mass is 16.6. The molecule has 0 N–H and O–H groups in total. The van der Waals surface area contributed by atoms with E-state index in [0.29, 0.717) is 11.3 Å². The Labute approximate surface area is 253 Å². The van der Waals surface area contributed by atoms with Gasteiger partial charge in [-0.1, -0.05) is 42.5 Å². The molecular formula is C36H37N3O4. The SMILES string of the molecule is CC(=O)Oc1ccc(C2(C=C(c3ccc(N(C)C)cc3)c3ccc(N(C)C)cc3)OC(=O)c3cc(N(C)C)ccc32)cc1. The molecule has 0 radical (unpaired) electrons. The topological polar surface area (TPSA) is 62.3 Å². The zero-order chi connectivity index (χ0) is 30.9. The summed E-state index contributed by atoms with van der Waals surface area (Å²) in [4.78, 5) is 31.3. The number of nitrogens with zero attached hydrogens (tertiary/aromatic N) is 3. The lowest BCUT2D eigenvalue weighted by Crippen LogP contribution is -2.26. The Morgan fingerprint density at radius 3 is 1.65 bits per heavy atom. The summed E-state index contributed by atoms with van der Waals surface area (Å²) in [5.41, 5.74) is 6.69. The second kappa shape index (κ2) is 11.7. The molecule has 1 unspecified atom stereocenters. The normalized spacial score (nSPS) is 15.3. The summed E-state index contributed by atoms with van der Waals surface area (Å²) < 4.78 is 11.7. The van der Waals surface area contributed by atoms with E-state index in [1.807, 2.05) is 83.6 Å². The van der Waals surface area contributed by atoms with Crippen molar-refractivity contribution < 1.29 is 19.1 Å². The molecule has 43 heavy (non-hydrogen) atoms. The quantitative estimate of drug-likeness (QED) is 0.179. The summed E-state index contributed by atoms with van der Waals surface area (Å²) in [6, 6.07) is 29.6. The summed E-state index contributed by atoms with van der Waals surface area (Å²) in [6.45, 7) is 1.37. The van der Waals surface area contributed by atoms with Gasteiger partial charge in [-0.05, 0) is 71.3 Å². The second-order valence-corrected chi connectivity index (χ2v) is 11.3. The van der Waals surface area contributed by atoms with E-state index in [1.54, 1.807) is 12.1 Å². The van der Waals surface area contributed by atoms with Gasteiger partial charge < -0.3 is 24.2 Å². The van der Waals surface area contributed by atoms with Crippen molar-refractivity contribution in [1.29, 1.82) is 0 Å². The predicted octanol–water partition coefficient (Wildman–Crippen LogP) is 6.36. The van der Waals surface area contributed by atoms with Crippen LogP contribution < -0.4 is 19.4 Å². The average molecular weight is 576 g/mol. The maximum Gasteiger partial charge on any atom is 0.340 e. The van der Waals surface area contributed by atoms with E-state index in [0.717, 1.165) is 44.9 Å². The van der Waals surface area contributed by atoms with Crippen molar-refractivity contribution in [2.45, 2.75) is 12.5 Å². The molecule has 4 aromatic carbocycles. The molecule has 5 rings (SSSR count). The molecule has 1 aliphatic rings. The molecule has 0 amide bonds. The van der Waals surface area contributed by atoms with Crippen molar-refractivity contribution in [3.8, 4) is 5.75 Å². The molecule has 0 aliphatic carbocycles. The summed E-state index contributed by atoms with van der Waals surface area (Å²) in [7, 11) is 11.9. The fourth-order valence-corrected chi connectivity index (χ4v) is 5.32. The van der Waals surface area contributed by atoms with E-state index < -0.39 is 17.5 Å². The molecule has 4 aromatic rings. The van der Waals surface area contributed by atoms with Crippen LogP contribution in [0.2, 0.25) is 0 Å². The minimum Gasteiger partial charge on any atom is -0.441 e. The van der Waals surface area contributed by atoms with Crippen LogP contribution in [0.1, 0.15) is 39.5 Å².